The lowest BCUT2D eigenvalue weighted by Crippen LogP contribution is -2.52. The fraction of sp³-hybridized carbons (Fsp3) is 0.208. The lowest BCUT2D eigenvalue weighted by molar-refractivity contribution is -0.116. The number of rotatable bonds is 6. The van der Waals surface area contributed by atoms with Gasteiger partial charge in [0.25, 0.3) is 0 Å². The molecular formula is C24H25NO. The Balaban J connectivity index is 2.07. The normalized spacial score (nSPS) is 14.7. The molecule has 1 aliphatic heterocycles. The summed E-state index contributed by atoms with van der Waals surface area (Å²) in [4.78, 5) is 14.7. The maximum atomic E-state index is 12.6. The van der Waals surface area contributed by atoms with Crippen LogP contribution in [0.3, 0.4) is 0 Å². The molecule has 3 rings (SSSR count). The molecule has 0 spiro atoms. The average molecular weight is 343 g/mol. The smallest absolute Gasteiger partial charge is 0.146 e. The Labute approximate surface area is 156 Å². The summed E-state index contributed by atoms with van der Waals surface area (Å²) in [5.41, 5.74) is 4.64. The molecule has 2 heteroatoms. The van der Waals surface area contributed by atoms with Gasteiger partial charge >= 0.3 is 0 Å². The summed E-state index contributed by atoms with van der Waals surface area (Å²) in [5, 5.41) is 0. The Hall–Kier alpha value is -2.87. The maximum absolute atomic E-state index is 12.6. The van der Waals surface area contributed by atoms with E-state index < -0.39 is 5.54 Å². The van der Waals surface area contributed by atoms with Crippen molar-refractivity contribution in [2.75, 3.05) is 0 Å². The van der Waals surface area contributed by atoms with Gasteiger partial charge in [-0.3, -0.25) is 0 Å². The zero-order chi connectivity index (χ0) is 18.6. The Morgan fingerprint density at radius 2 is 1.38 bits per heavy atom. The molecule has 0 aromatic heterocycles. The Morgan fingerprint density at radius 1 is 0.885 bits per heavy atom. The zero-order valence-corrected chi connectivity index (χ0v) is 15.5. The van der Waals surface area contributed by atoms with Gasteiger partial charge in [0.2, 0.25) is 0 Å². The minimum Gasteiger partial charge on any atom is -0.332 e. The van der Waals surface area contributed by atoms with Crippen molar-refractivity contribution in [3.05, 3.63) is 107 Å². The number of nitrogens with zero attached hydrogens (tertiary/aromatic N) is 1. The van der Waals surface area contributed by atoms with Crippen LogP contribution in [0.1, 0.15) is 25.0 Å². The molecule has 0 amide bonds. The van der Waals surface area contributed by atoms with E-state index in [1.165, 1.54) is 0 Å². The van der Waals surface area contributed by atoms with E-state index in [9.17, 15) is 4.79 Å². The number of benzene rings is 2. The molecule has 0 aliphatic carbocycles. The lowest BCUT2D eigenvalue weighted by atomic mass is 9.82. The first-order valence-corrected chi connectivity index (χ1v) is 8.94. The van der Waals surface area contributed by atoms with E-state index in [0.29, 0.717) is 12.8 Å². The van der Waals surface area contributed by atoms with Crippen LogP contribution in [-0.4, -0.2) is 16.7 Å². The van der Waals surface area contributed by atoms with Gasteiger partial charge in [-0.15, -0.1) is 0 Å². The summed E-state index contributed by atoms with van der Waals surface area (Å²) < 4.78 is 0. The van der Waals surface area contributed by atoms with E-state index >= 15 is 0 Å². The molecule has 1 heterocycles. The highest BCUT2D eigenvalue weighted by Gasteiger charge is 2.39. The summed E-state index contributed by atoms with van der Waals surface area (Å²) >= 11 is 0. The van der Waals surface area contributed by atoms with Crippen molar-refractivity contribution in [2.45, 2.75) is 32.2 Å². The second-order valence-electron chi connectivity index (χ2n) is 7.05. The predicted octanol–water partition coefficient (Wildman–Crippen LogP) is 5.09. The molecule has 132 valence electrons. The fourth-order valence-corrected chi connectivity index (χ4v) is 3.88. The van der Waals surface area contributed by atoms with Crippen molar-refractivity contribution >= 4 is 6.29 Å². The Morgan fingerprint density at radius 3 is 1.81 bits per heavy atom. The van der Waals surface area contributed by atoms with Crippen molar-refractivity contribution in [3.63, 3.8) is 0 Å². The van der Waals surface area contributed by atoms with Crippen LogP contribution in [0, 0.1) is 0 Å². The Kier molecular flexibility index (Phi) is 5.22. The van der Waals surface area contributed by atoms with Crippen LogP contribution in [0.25, 0.3) is 0 Å². The minimum atomic E-state index is -0.711. The van der Waals surface area contributed by atoms with Gasteiger partial charge < -0.3 is 9.69 Å². The van der Waals surface area contributed by atoms with Gasteiger partial charge in [-0.1, -0.05) is 67.2 Å². The summed E-state index contributed by atoms with van der Waals surface area (Å²) in [6.07, 6.45) is 6.51. The summed E-state index contributed by atoms with van der Waals surface area (Å²) in [6.45, 7) is 8.35. The van der Waals surface area contributed by atoms with Gasteiger partial charge in [0, 0.05) is 24.2 Å². The molecule has 2 nitrogen and oxygen atoms in total. The zero-order valence-electron chi connectivity index (χ0n) is 15.5. The molecule has 26 heavy (non-hydrogen) atoms. The van der Waals surface area contributed by atoms with Crippen molar-refractivity contribution < 1.29 is 4.79 Å². The molecule has 0 bridgehead atoms. The molecule has 0 saturated heterocycles. The molecule has 0 radical (unpaired) electrons. The molecule has 1 aliphatic rings. The van der Waals surface area contributed by atoms with Crippen molar-refractivity contribution in [1.29, 1.82) is 0 Å². The second-order valence-corrected chi connectivity index (χ2v) is 7.05. The number of hydrogen-bond acceptors (Lipinski definition) is 2. The van der Waals surface area contributed by atoms with Crippen LogP contribution < -0.4 is 0 Å². The lowest BCUT2D eigenvalue weighted by Gasteiger charge is -2.44. The molecule has 0 N–H and O–H groups in total. The molecular weight excluding hydrogens is 318 g/mol. The van der Waals surface area contributed by atoms with E-state index in [1.54, 1.807) is 0 Å². The van der Waals surface area contributed by atoms with Crippen LogP contribution >= 0.6 is 0 Å². The van der Waals surface area contributed by atoms with Crippen LogP contribution in [0.5, 0.6) is 0 Å². The highest BCUT2D eigenvalue weighted by molar-refractivity contribution is 5.68. The highest BCUT2D eigenvalue weighted by Crippen LogP contribution is 2.34. The number of aldehydes is 1. The summed E-state index contributed by atoms with van der Waals surface area (Å²) in [5.74, 6) is 0. The van der Waals surface area contributed by atoms with E-state index in [1.807, 2.05) is 42.5 Å². The Bertz CT molecular complexity index is 805. The second kappa shape index (κ2) is 7.57. The van der Waals surface area contributed by atoms with Gasteiger partial charge in [0.05, 0.1) is 0 Å². The van der Waals surface area contributed by atoms with E-state index in [-0.39, 0.29) is 0 Å². The summed E-state index contributed by atoms with van der Waals surface area (Å²) in [7, 11) is 0. The first-order chi connectivity index (χ1) is 12.5. The third-order valence-electron chi connectivity index (χ3n) is 4.84. The monoisotopic (exact) mass is 343 g/mol. The van der Waals surface area contributed by atoms with Gasteiger partial charge in [-0.2, -0.15) is 0 Å². The van der Waals surface area contributed by atoms with Crippen molar-refractivity contribution in [1.82, 2.24) is 4.90 Å². The SMILES string of the molecule is C=C1C=C(C)C=C(C)N1C(C=O)(Cc1ccccc1)Cc1ccccc1. The molecule has 0 fully saturated rings. The number of hydrogen-bond donors (Lipinski definition) is 0. The average Bonchev–Trinajstić information content (AvgIpc) is 2.62. The molecule has 0 atom stereocenters. The first-order valence-electron chi connectivity index (χ1n) is 8.94. The van der Waals surface area contributed by atoms with Crippen molar-refractivity contribution in [3.8, 4) is 0 Å². The topological polar surface area (TPSA) is 20.3 Å². The molecule has 0 saturated carbocycles. The number of carbonyl (C=O) groups is 1. The van der Waals surface area contributed by atoms with Crippen LogP contribution in [0.4, 0.5) is 0 Å². The van der Waals surface area contributed by atoms with Gasteiger partial charge in [0.1, 0.15) is 11.8 Å². The van der Waals surface area contributed by atoms with Crippen LogP contribution in [-0.2, 0) is 17.6 Å². The number of carbonyl (C=O) groups excluding carboxylic acids is 1. The number of allylic oxidation sites excluding steroid dienone is 4. The summed E-state index contributed by atoms with van der Waals surface area (Å²) in [6, 6.07) is 20.4. The third-order valence-corrected chi connectivity index (χ3v) is 4.84. The molecule has 0 unspecified atom stereocenters. The van der Waals surface area contributed by atoms with Crippen LogP contribution in [0.15, 0.2) is 96.4 Å². The van der Waals surface area contributed by atoms with E-state index in [0.717, 1.165) is 34.4 Å². The van der Waals surface area contributed by atoms with Crippen LogP contribution in [0.2, 0.25) is 0 Å². The molecule has 2 aromatic rings. The largest absolute Gasteiger partial charge is 0.332 e. The standard InChI is InChI=1S/C24H25NO/c1-19-14-20(2)25(21(3)15-19)24(18-26,16-22-10-6-4-7-11-22)17-23-12-8-5-9-13-23/h4-15,18H,2,16-17H2,1,3H3. The minimum absolute atomic E-state index is 0.628. The highest BCUT2D eigenvalue weighted by atomic mass is 16.1. The third kappa shape index (κ3) is 3.70. The fourth-order valence-electron chi connectivity index (χ4n) is 3.88. The van der Waals surface area contributed by atoms with Crippen molar-refractivity contribution in [2.24, 2.45) is 0 Å². The predicted molar refractivity (Wildman–Crippen MR) is 108 cm³/mol. The van der Waals surface area contributed by atoms with E-state index in [4.69, 9.17) is 0 Å². The van der Waals surface area contributed by atoms with Gasteiger partial charge in [0.15, 0.2) is 0 Å². The maximum Gasteiger partial charge on any atom is 0.146 e. The molecule has 2 aromatic carbocycles. The van der Waals surface area contributed by atoms with Gasteiger partial charge in [-0.05, 0) is 42.7 Å². The van der Waals surface area contributed by atoms with E-state index in [2.05, 4.69) is 55.7 Å². The van der Waals surface area contributed by atoms with Gasteiger partial charge in [-0.25, -0.2) is 0 Å². The first kappa shape index (κ1) is 17.9. The quantitative estimate of drug-likeness (QED) is 0.681.